The summed E-state index contributed by atoms with van der Waals surface area (Å²) < 4.78 is 29.7. The first-order valence-corrected chi connectivity index (χ1v) is 14.6. The minimum atomic E-state index is -3.81. The molecule has 3 heterocycles. The first-order valence-electron chi connectivity index (χ1n) is 11.9. The van der Waals surface area contributed by atoms with Gasteiger partial charge in [-0.3, -0.25) is 9.59 Å². The number of amides is 2. The van der Waals surface area contributed by atoms with Gasteiger partial charge in [0.1, 0.15) is 9.34 Å². The fraction of sp³-hybridized carbons (Fsp3) is 0.346. The molecule has 0 aliphatic carbocycles. The van der Waals surface area contributed by atoms with Crippen molar-refractivity contribution in [3.63, 3.8) is 0 Å². The summed E-state index contributed by atoms with van der Waals surface area (Å²) in [5, 5.41) is 0.619. The lowest BCUT2D eigenvalue weighted by molar-refractivity contribution is -0.127. The Hall–Kier alpha value is -2.79. The first kappa shape index (κ1) is 25.8. The number of thiazole rings is 1. The van der Waals surface area contributed by atoms with Crippen LogP contribution in [0.3, 0.4) is 0 Å². The van der Waals surface area contributed by atoms with Crippen LogP contribution in [0.1, 0.15) is 35.0 Å². The van der Waals surface area contributed by atoms with E-state index in [9.17, 15) is 18.0 Å². The van der Waals surface area contributed by atoms with Gasteiger partial charge in [0.15, 0.2) is 0 Å². The van der Waals surface area contributed by atoms with Gasteiger partial charge in [0.2, 0.25) is 21.8 Å². The van der Waals surface area contributed by atoms with E-state index in [-0.39, 0.29) is 29.7 Å². The number of anilines is 1. The highest BCUT2D eigenvalue weighted by Crippen LogP contribution is 2.47. The van der Waals surface area contributed by atoms with Gasteiger partial charge in [-0.2, -0.15) is 0 Å². The third-order valence-electron chi connectivity index (χ3n) is 7.12. The second-order valence-corrected chi connectivity index (χ2v) is 13.2. The molecule has 8 nitrogen and oxygen atoms in total. The standard InChI is InChI=1S/C26H27ClN4O4S2/c1-17-3-5-19(6-4-17)13-29-37(34,35)20-7-8-22-21(11-20)26(9-10-30(15-26)18(2)32)16-31(22)25(33)12-24-28-14-23(27)36-24/h3-8,11,14,29H,9-10,12-13,15-16H2,1-2H3. The van der Waals surface area contributed by atoms with Gasteiger partial charge in [-0.25, -0.2) is 18.1 Å². The number of carbonyl (C=O) groups is 2. The molecule has 0 saturated carbocycles. The van der Waals surface area contributed by atoms with Crippen molar-refractivity contribution in [2.75, 3.05) is 24.5 Å². The van der Waals surface area contributed by atoms with Crippen LogP contribution in [-0.4, -0.2) is 49.8 Å². The van der Waals surface area contributed by atoms with Crippen molar-refractivity contribution in [3.8, 4) is 0 Å². The number of hydrogen-bond acceptors (Lipinski definition) is 6. The summed E-state index contributed by atoms with van der Waals surface area (Å²) in [5.41, 5.74) is 2.89. The number of likely N-dealkylation sites (tertiary alicyclic amines) is 1. The third-order valence-corrected chi connectivity index (χ3v) is 9.63. The van der Waals surface area contributed by atoms with Gasteiger partial charge >= 0.3 is 0 Å². The van der Waals surface area contributed by atoms with Crippen molar-refractivity contribution in [2.45, 2.75) is 43.5 Å². The Morgan fingerprint density at radius 3 is 2.57 bits per heavy atom. The summed E-state index contributed by atoms with van der Waals surface area (Å²) >= 11 is 7.25. The Balaban J connectivity index is 1.45. The molecular weight excluding hydrogens is 532 g/mol. The number of carbonyl (C=O) groups excluding carboxylic acids is 2. The fourth-order valence-corrected chi connectivity index (χ4v) is 7.08. The monoisotopic (exact) mass is 558 g/mol. The van der Waals surface area contributed by atoms with E-state index in [1.165, 1.54) is 30.5 Å². The lowest BCUT2D eigenvalue weighted by Crippen LogP contribution is -2.40. The van der Waals surface area contributed by atoms with Crippen LogP contribution in [-0.2, 0) is 38.0 Å². The Morgan fingerprint density at radius 2 is 1.92 bits per heavy atom. The van der Waals surface area contributed by atoms with Crippen LogP contribution in [0, 0.1) is 6.92 Å². The molecule has 1 saturated heterocycles. The van der Waals surface area contributed by atoms with Crippen molar-refractivity contribution in [3.05, 3.63) is 74.7 Å². The highest BCUT2D eigenvalue weighted by molar-refractivity contribution is 7.89. The highest BCUT2D eigenvalue weighted by Gasteiger charge is 2.49. The molecule has 1 atom stereocenters. The fourth-order valence-electron chi connectivity index (χ4n) is 5.09. The summed E-state index contributed by atoms with van der Waals surface area (Å²) in [7, 11) is -3.81. The molecule has 0 radical (unpaired) electrons. The number of aryl methyl sites for hydroxylation is 1. The van der Waals surface area contributed by atoms with Gasteiger partial charge in [-0.15, -0.1) is 11.3 Å². The number of halogens is 1. The predicted octanol–water partition coefficient (Wildman–Crippen LogP) is 3.66. The van der Waals surface area contributed by atoms with Crippen LogP contribution in [0.2, 0.25) is 4.34 Å². The number of fused-ring (bicyclic) bond motifs is 2. The molecule has 3 aromatic rings. The average Bonchev–Trinajstić information content (AvgIpc) is 3.57. The average molecular weight is 559 g/mol. The third kappa shape index (κ3) is 5.16. The van der Waals surface area contributed by atoms with E-state index < -0.39 is 15.4 Å². The van der Waals surface area contributed by atoms with Crippen molar-refractivity contribution >= 4 is 50.5 Å². The smallest absolute Gasteiger partial charge is 0.240 e. The van der Waals surface area contributed by atoms with Crippen molar-refractivity contribution in [2.24, 2.45) is 0 Å². The number of rotatable bonds is 6. The zero-order valence-electron chi connectivity index (χ0n) is 20.5. The number of aromatic nitrogens is 1. The molecule has 11 heteroatoms. The molecule has 1 spiro atoms. The van der Waals surface area contributed by atoms with E-state index in [1.807, 2.05) is 31.2 Å². The van der Waals surface area contributed by atoms with Crippen molar-refractivity contribution in [1.29, 1.82) is 0 Å². The molecule has 0 bridgehead atoms. The summed E-state index contributed by atoms with van der Waals surface area (Å²) in [6.45, 7) is 5.04. The number of nitrogens with zero attached hydrogens (tertiary/aromatic N) is 3. The summed E-state index contributed by atoms with van der Waals surface area (Å²) in [5.74, 6) is -0.178. The maximum Gasteiger partial charge on any atom is 0.240 e. The van der Waals surface area contributed by atoms with Crippen LogP contribution in [0.5, 0.6) is 0 Å². The molecule has 1 N–H and O–H groups in total. The lowest BCUT2D eigenvalue weighted by Gasteiger charge is -2.25. The number of hydrogen-bond donors (Lipinski definition) is 1. The molecule has 1 fully saturated rings. The van der Waals surface area contributed by atoms with Gasteiger partial charge in [0, 0.05) is 44.2 Å². The van der Waals surface area contributed by atoms with Crippen LogP contribution < -0.4 is 9.62 Å². The molecule has 2 aromatic carbocycles. The first-order chi connectivity index (χ1) is 17.6. The Bertz CT molecular complexity index is 1470. The van der Waals surface area contributed by atoms with E-state index in [4.69, 9.17) is 11.6 Å². The van der Waals surface area contributed by atoms with E-state index >= 15 is 0 Å². The normalized spacial score (nSPS) is 19.0. The molecule has 1 aromatic heterocycles. The second kappa shape index (κ2) is 9.83. The van der Waals surface area contributed by atoms with Crippen LogP contribution in [0.25, 0.3) is 0 Å². The van der Waals surface area contributed by atoms with E-state index in [0.717, 1.165) is 16.7 Å². The van der Waals surface area contributed by atoms with Gasteiger partial charge in [-0.05, 0) is 42.7 Å². The topological polar surface area (TPSA) is 99.7 Å². The summed E-state index contributed by atoms with van der Waals surface area (Å²) in [6.07, 6.45) is 2.27. The van der Waals surface area contributed by atoms with Crippen LogP contribution in [0.4, 0.5) is 5.69 Å². The van der Waals surface area contributed by atoms with Gasteiger partial charge in [0.25, 0.3) is 0 Å². The number of benzene rings is 2. The summed E-state index contributed by atoms with van der Waals surface area (Å²) in [4.78, 5) is 33.3. The minimum Gasteiger partial charge on any atom is -0.342 e. The molecule has 1 unspecified atom stereocenters. The SMILES string of the molecule is CC(=O)N1CCC2(C1)CN(C(=O)Cc1ncc(Cl)s1)c1ccc(S(=O)(=O)NCc3ccc(C)cc3)cc12. The molecule has 5 rings (SSSR count). The van der Waals surface area contributed by atoms with Gasteiger partial charge in [0.05, 0.1) is 17.5 Å². The lowest BCUT2D eigenvalue weighted by atomic mass is 9.81. The van der Waals surface area contributed by atoms with Crippen LogP contribution >= 0.6 is 22.9 Å². The van der Waals surface area contributed by atoms with Crippen molar-refractivity contribution < 1.29 is 18.0 Å². The second-order valence-electron chi connectivity index (χ2n) is 9.67. The maximum absolute atomic E-state index is 13.3. The van der Waals surface area contributed by atoms with E-state index in [0.29, 0.717) is 41.1 Å². The molecular formula is C26H27ClN4O4S2. The van der Waals surface area contributed by atoms with E-state index in [1.54, 1.807) is 21.9 Å². The molecule has 37 heavy (non-hydrogen) atoms. The molecule has 2 aliphatic heterocycles. The highest BCUT2D eigenvalue weighted by atomic mass is 35.5. The van der Waals surface area contributed by atoms with Crippen LogP contribution in [0.15, 0.2) is 53.6 Å². The zero-order chi connectivity index (χ0) is 26.4. The van der Waals surface area contributed by atoms with Crippen molar-refractivity contribution in [1.82, 2.24) is 14.6 Å². The zero-order valence-corrected chi connectivity index (χ0v) is 22.9. The van der Waals surface area contributed by atoms with Gasteiger partial charge in [-0.1, -0.05) is 41.4 Å². The quantitative estimate of drug-likeness (QED) is 0.498. The minimum absolute atomic E-state index is 0.0378. The predicted molar refractivity (Wildman–Crippen MR) is 143 cm³/mol. The Labute approximate surface area is 225 Å². The number of sulfonamides is 1. The Kier molecular flexibility index (Phi) is 6.86. The molecule has 2 aliphatic rings. The summed E-state index contributed by atoms with van der Waals surface area (Å²) in [6, 6.07) is 12.6. The van der Waals surface area contributed by atoms with Gasteiger partial charge < -0.3 is 9.80 Å². The van der Waals surface area contributed by atoms with E-state index in [2.05, 4.69) is 9.71 Å². The Morgan fingerprint density at radius 1 is 1.16 bits per heavy atom. The molecule has 194 valence electrons. The maximum atomic E-state index is 13.3. The largest absolute Gasteiger partial charge is 0.342 e. The number of nitrogens with one attached hydrogen (secondary N) is 1. The molecule has 2 amide bonds.